The topological polar surface area (TPSA) is 0 Å². The van der Waals surface area contributed by atoms with Crippen molar-refractivity contribution in [1.29, 1.82) is 0 Å². The first-order valence-electron chi connectivity index (χ1n) is 13.3. The number of hydrogen-bond donors (Lipinski definition) is 0. The molecular weight excluding hydrogens is 360 g/mol. The number of hydrogen-bond acceptors (Lipinski definition) is 0. The summed E-state index contributed by atoms with van der Waals surface area (Å²) in [5.41, 5.74) is 5.14. The molecule has 8 atom stereocenters. The maximum atomic E-state index is 4.50. The molecule has 0 heteroatoms. The summed E-state index contributed by atoms with van der Waals surface area (Å²) >= 11 is 0. The highest BCUT2D eigenvalue weighted by molar-refractivity contribution is 5.32. The zero-order valence-corrected chi connectivity index (χ0v) is 21.5. The van der Waals surface area contributed by atoms with Gasteiger partial charge in [-0.15, -0.1) is 0 Å². The van der Waals surface area contributed by atoms with E-state index in [1.807, 2.05) is 5.57 Å². The van der Waals surface area contributed by atoms with Crippen LogP contribution in [0.4, 0.5) is 0 Å². The molecule has 0 spiro atoms. The van der Waals surface area contributed by atoms with E-state index >= 15 is 0 Å². The Kier molecular flexibility index (Phi) is 5.47. The second kappa shape index (κ2) is 7.25. The summed E-state index contributed by atoms with van der Waals surface area (Å²) < 4.78 is 0. The van der Waals surface area contributed by atoms with Gasteiger partial charge in [-0.25, -0.2) is 0 Å². The van der Waals surface area contributed by atoms with Gasteiger partial charge in [-0.2, -0.15) is 0 Å². The highest BCUT2D eigenvalue weighted by Crippen LogP contribution is 2.72. The number of fused-ring (bicyclic) bond motifs is 3. The van der Waals surface area contributed by atoms with Crippen LogP contribution in [0, 0.1) is 51.2 Å². The van der Waals surface area contributed by atoms with Gasteiger partial charge in [-0.1, -0.05) is 85.6 Å². The molecule has 4 aliphatic carbocycles. The fraction of sp³-hybridized carbons (Fsp3) is 0.867. The van der Waals surface area contributed by atoms with E-state index in [4.69, 9.17) is 0 Å². The van der Waals surface area contributed by atoms with Gasteiger partial charge in [0.15, 0.2) is 0 Å². The van der Waals surface area contributed by atoms with Gasteiger partial charge >= 0.3 is 0 Å². The Bertz CT molecular complexity index is 724. The largest absolute Gasteiger partial charge is 0.0996 e. The Morgan fingerprint density at radius 3 is 2.33 bits per heavy atom. The minimum Gasteiger partial charge on any atom is -0.0996 e. The van der Waals surface area contributed by atoms with Gasteiger partial charge in [-0.3, -0.25) is 0 Å². The zero-order valence-electron chi connectivity index (χ0n) is 21.5. The van der Waals surface area contributed by atoms with Crippen molar-refractivity contribution in [2.45, 2.75) is 113 Å². The average Bonchev–Trinajstić information content (AvgIpc) is 2.67. The molecule has 0 bridgehead atoms. The quantitative estimate of drug-likeness (QED) is 0.398. The van der Waals surface area contributed by atoms with E-state index in [1.54, 1.807) is 0 Å². The Morgan fingerprint density at radius 1 is 0.967 bits per heavy atom. The second-order valence-corrected chi connectivity index (χ2v) is 13.5. The molecule has 30 heavy (non-hydrogen) atoms. The maximum Gasteiger partial charge on any atom is -0.00592 e. The van der Waals surface area contributed by atoms with Gasteiger partial charge in [0, 0.05) is 0 Å². The van der Waals surface area contributed by atoms with E-state index in [0.717, 1.165) is 17.8 Å². The van der Waals surface area contributed by atoms with Gasteiger partial charge < -0.3 is 0 Å². The predicted octanol–water partition coefficient (Wildman–Crippen LogP) is 9.22. The third kappa shape index (κ3) is 2.90. The van der Waals surface area contributed by atoms with Crippen molar-refractivity contribution < 1.29 is 0 Å². The monoisotopic (exact) mass is 410 g/mol. The summed E-state index contributed by atoms with van der Waals surface area (Å²) in [6.07, 6.45) is 15.2. The van der Waals surface area contributed by atoms with Crippen LogP contribution in [0.1, 0.15) is 113 Å². The molecule has 3 fully saturated rings. The normalized spacial score (nSPS) is 51.0. The predicted molar refractivity (Wildman–Crippen MR) is 131 cm³/mol. The van der Waals surface area contributed by atoms with Crippen molar-refractivity contribution in [3.63, 3.8) is 0 Å². The molecule has 0 aromatic rings. The van der Waals surface area contributed by atoms with E-state index in [1.165, 1.54) is 63.4 Å². The maximum absolute atomic E-state index is 4.50. The van der Waals surface area contributed by atoms with E-state index in [2.05, 4.69) is 68.0 Å². The van der Waals surface area contributed by atoms with E-state index < -0.39 is 0 Å². The first kappa shape index (κ1) is 22.7. The second-order valence-electron chi connectivity index (χ2n) is 13.5. The standard InChI is InChI=1S/C30H50/c1-10-29(8)23(26-21(3)13-12-20(2)22(26)4)14-15-25-28(7)18-11-17-27(5,6)24(28)16-19-30(25,29)9/h14,21-22,24-26H,2,10-13,15-19H2,1,3-9H3/t21-,22-,24?,25+,26+,28-,29+,30+/m0/s1. The first-order chi connectivity index (χ1) is 13.9. The van der Waals surface area contributed by atoms with Crippen LogP contribution in [0.5, 0.6) is 0 Å². The molecule has 3 saturated carbocycles. The van der Waals surface area contributed by atoms with Crippen LogP contribution in [0.25, 0.3) is 0 Å². The highest BCUT2D eigenvalue weighted by Gasteiger charge is 2.64. The van der Waals surface area contributed by atoms with Crippen LogP contribution in [0.3, 0.4) is 0 Å². The third-order valence-electron chi connectivity index (χ3n) is 12.0. The zero-order chi connectivity index (χ0) is 22.1. The highest BCUT2D eigenvalue weighted by atomic mass is 14.7. The van der Waals surface area contributed by atoms with Crippen LogP contribution >= 0.6 is 0 Å². The van der Waals surface area contributed by atoms with Crippen molar-refractivity contribution in [1.82, 2.24) is 0 Å². The molecule has 4 rings (SSSR count). The smallest absolute Gasteiger partial charge is 0.00592 e. The molecule has 0 amide bonds. The molecule has 1 unspecified atom stereocenters. The van der Waals surface area contributed by atoms with Crippen molar-refractivity contribution in [2.75, 3.05) is 0 Å². The Balaban J connectivity index is 1.79. The van der Waals surface area contributed by atoms with Gasteiger partial charge in [0.25, 0.3) is 0 Å². The Labute approximate surface area is 188 Å². The van der Waals surface area contributed by atoms with Crippen LogP contribution in [-0.4, -0.2) is 0 Å². The fourth-order valence-corrected chi connectivity index (χ4v) is 9.89. The van der Waals surface area contributed by atoms with Gasteiger partial charge in [-0.05, 0) is 103 Å². The summed E-state index contributed by atoms with van der Waals surface area (Å²) in [4.78, 5) is 0. The van der Waals surface area contributed by atoms with Crippen LogP contribution in [0.15, 0.2) is 23.8 Å². The lowest BCUT2D eigenvalue weighted by atomic mass is 9.36. The molecule has 0 N–H and O–H groups in total. The minimum atomic E-state index is 0.330. The molecule has 0 aliphatic heterocycles. The molecular formula is C30H50. The lowest BCUT2D eigenvalue weighted by Gasteiger charge is -2.69. The SMILES string of the molecule is C=C1CC[C@H](C)[C@@H](C2=CC[C@@H]3[C@@]4(C)CCCC(C)(C)C4CC[C@@]3(C)[C@]2(C)CC)[C@H]1C. The molecule has 0 heterocycles. The van der Waals surface area contributed by atoms with Crippen molar-refractivity contribution in [3.8, 4) is 0 Å². The van der Waals surface area contributed by atoms with E-state index in [0.29, 0.717) is 33.5 Å². The van der Waals surface area contributed by atoms with Gasteiger partial charge in [0.1, 0.15) is 0 Å². The Morgan fingerprint density at radius 2 is 1.67 bits per heavy atom. The van der Waals surface area contributed by atoms with Crippen molar-refractivity contribution in [2.24, 2.45) is 51.2 Å². The molecule has 0 aromatic carbocycles. The molecule has 170 valence electrons. The fourth-order valence-electron chi connectivity index (χ4n) is 9.89. The van der Waals surface area contributed by atoms with Crippen LogP contribution in [0.2, 0.25) is 0 Å². The molecule has 0 saturated heterocycles. The molecule has 0 nitrogen and oxygen atoms in total. The van der Waals surface area contributed by atoms with E-state index in [-0.39, 0.29) is 0 Å². The van der Waals surface area contributed by atoms with Crippen LogP contribution in [-0.2, 0) is 0 Å². The Hall–Kier alpha value is -0.520. The van der Waals surface area contributed by atoms with E-state index in [9.17, 15) is 0 Å². The van der Waals surface area contributed by atoms with Crippen LogP contribution < -0.4 is 0 Å². The van der Waals surface area contributed by atoms with Gasteiger partial charge in [0.2, 0.25) is 0 Å². The average molecular weight is 411 g/mol. The summed E-state index contributed by atoms with van der Waals surface area (Å²) in [6, 6.07) is 0. The number of rotatable bonds is 2. The lowest BCUT2D eigenvalue weighted by molar-refractivity contribution is -0.168. The summed E-state index contributed by atoms with van der Waals surface area (Å²) in [6.45, 7) is 25.3. The third-order valence-corrected chi connectivity index (χ3v) is 12.0. The first-order valence-corrected chi connectivity index (χ1v) is 13.3. The minimum absolute atomic E-state index is 0.330. The molecule has 0 radical (unpaired) electrons. The molecule has 4 aliphatic rings. The number of allylic oxidation sites excluding steroid dienone is 3. The summed E-state index contributed by atoms with van der Waals surface area (Å²) in [7, 11) is 0. The summed E-state index contributed by atoms with van der Waals surface area (Å²) in [5, 5.41) is 0. The van der Waals surface area contributed by atoms with Gasteiger partial charge in [0.05, 0.1) is 0 Å². The van der Waals surface area contributed by atoms with Crippen molar-refractivity contribution in [3.05, 3.63) is 23.8 Å². The lowest BCUT2D eigenvalue weighted by Crippen LogP contribution is -2.61. The molecule has 0 aromatic heterocycles. The van der Waals surface area contributed by atoms with Crippen molar-refractivity contribution >= 4 is 0 Å². The summed E-state index contributed by atoms with van der Waals surface area (Å²) in [5.74, 6) is 3.90.